The fraction of sp³-hybridized carbons (Fsp3) is 0.900. The zero-order valence-electron chi connectivity index (χ0n) is 8.46. The van der Waals surface area contributed by atoms with Crippen LogP contribution in [0.4, 0.5) is 0 Å². The molecule has 0 bridgehead atoms. The lowest BCUT2D eigenvalue weighted by atomic mass is 9.38. The van der Waals surface area contributed by atoms with Gasteiger partial charge in [-0.25, -0.2) is 0 Å². The predicted octanol–water partition coefficient (Wildman–Crippen LogP) is 2.80. The molecule has 74 valence electrons. The molecule has 0 spiro atoms. The Labute approximate surface area is 87.2 Å². The summed E-state index contributed by atoms with van der Waals surface area (Å²) in [5, 5.41) is 0. The highest BCUT2D eigenvalue weighted by molar-refractivity contribution is 7.80. The van der Waals surface area contributed by atoms with Gasteiger partial charge in [0.1, 0.15) is 12.5 Å². The number of carbonyl (C=O) groups is 1. The molecule has 0 radical (unpaired) electrons. The summed E-state index contributed by atoms with van der Waals surface area (Å²) in [5.41, 5.74) is 0. The summed E-state index contributed by atoms with van der Waals surface area (Å²) in [6.07, 6.45) is 7.34. The molecule has 1 aliphatic rings. The first-order valence-electron chi connectivity index (χ1n) is 5.35. The van der Waals surface area contributed by atoms with E-state index in [2.05, 4.69) is 12.6 Å². The van der Waals surface area contributed by atoms with Gasteiger partial charge in [0.15, 0.2) is 0 Å². The Morgan fingerprint density at radius 1 is 1.46 bits per heavy atom. The molecule has 0 aromatic heterocycles. The summed E-state index contributed by atoms with van der Waals surface area (Å²) in [5.74, 6) is 1.78. The predicted molar refractivity (Wildman–Crippen MR) is 62.1 cm³/mol. The van der Waals surface area contributed by atoms with Crippen molar-refractivity contribution in [3.8, 4) is 0 Å². The molecule has 1 fully saturated rings. The Bertz CT molecular complexity index is 164. The second-order valence-corrected chi connectivity index (χ2v) is 4.64. The van der Waals surface area contributed by atoms with Gasteiger partial charge in [-0.1, -0.05) is 38.2 Å². The molecule has 0 saturated carbocycles. The van der Waals surface area contributed by atoms with Crippen LogP contribution < -0.4 is 0 Å². The Kier molecular flexibility index (Phi) is 4.93. The molecule has 0 amide bonds. The molecule has 0 atom stereocenters. The second kappa shape index (κ2) is 5.74. The Balaban J connectivity index is 2.18. The lowest BCUT2D eigenvalue weighted by molar-refractivity contribution is -0.121. The molecule has 0 N–H and O–H groups in total. The minimum atomic E-state index is 0.382. The summed E-state index contributed by atoms with van der Waals surface area (Å²) < 4.78 is 0. The maximum atomic E-state index is 11.1. The number of thiol groups is 1. The van der Waals surface area contributed by atoms with Crippen LogP contribution in [0, 0.1) is 5.92 Å². The van der Waals surface area contributed by atoms with Crippen LogP contribution in [0.25, 0.3) is 0 Å². The second-order valence-electron chi connectivity index (χ2n) is 4.19. The summed E-state index contributed by atoms with van der Waals surface area (Å²) in [7, 11) is 0. The van der Waals surface area contributed by atoms with E-state index in [1.54, 1.807) is 6.92 Å². The molecular formula is C10H19BOS. The molecule has 1 nitrogen and oxygen atoms in total. The quantitative estimate of drug-likeness (QED) is 0.543. The molecule has 0 aromatic rings. The number of carbonyl (C=O) groups excluding carboxylic acids is 1. The third kappa shape index (κ3) is 3.76. The van der Waals surface area contributed by atoms with E-state index in [0.29, 0.717) is 11.7 Å². The Hall–Kier alpha value is 0.0849. The monoisotopic (exact) mass is 198 g/mol. The third-order valence-corrected chi connectivity index (χ3v) is 3.51. The third-order valence-electron chi connectivity index (χ3n) is 3.19. The van der Waals surface area contributed by atoms with Crippen molar-refractivity contribution >= 4 is 25.1 Å². The Morgan fingerprint density at radius 3 is 2.54 bits per heavy atom. The van der Waals surface area contributed by atoms with Gasteiger partial charge in [0.25, 0.3) is 0 Å². The average Bonchev–Trinajstić information content (AvgIpc) is 2.15. The van der Waals surface area contributed by atoms with Gasteiger partial charge in [-0.3, -0.25) is 4.79 Å². The van der Waals surface area contributed by atoms with Gasteiger partial charge >= 0.3 is 0 Å². The van der Waals surface area contributed by atoms with E-state index in [-0.39, 0.29) is 0 Å². The van der Waals surface area contributed by atoms with Gasteiger partial charge < -0.3 is 0 Å². The molecule has 1 heterocycles. The molecule has 1 rings (SSSR count). The highest BCUT2D eigenvalue weighted by Crippen LogP contribution is 2.28. The van der Waals surface area contributed by atoms with Crippen LogP contribution in [0.3, 0.4) is 0 Å². The van der Waals surface area contributed by atoms with Crippen molar-refractivity contribution < 1.29 is 4.79 Å². The smallest absolute Gasteiger partial charge is 0.139 e. The first-order chi connectivity index (χ1) is 6.24. The van der Waals surface area contributed by atoms with Crippen molar-refractivity contribution in [1.82, 2.24) is 0 Å². The van der Waals surface area contributed by atoms with Gasteiger partial charge in [-0.05, 0) is 12.7 Å². The molecule has 0 aliphatic carbocycles. The van der Waals surface area contributed by atoms with E-state index in [0.717, 1.165) is 25.3 Å². The lowest BCUT2D eigenvalue weighted by Crippen LogP contribution is -2.24. The van der Waals surface area contributed by atoms with Crippen LogP contribution >= 0.6 is 12.6 Å². The van der Waals surface area contributed by atoms with Crippen LogP contribution in [0.1, 0.15) is 26.2 Å². The SMILES string of the molecule is CC(=O)C1CCB(CCCS)CC1. The van der Waals surface area contributed by atoms with E-state index < -0.39 is 0 Å². The number of hydrogen-bond acceptors (Lipinski definition) is 2. The number of hydrogen-bond donors (Lipinski definition) is 1. The topological polar surface area (TPSA) is 17.1 Å². The summed E-state index contributed by atoms with van der Waals surface area (Å²) >= 11 is 4.22. The van der Waals surface area contributed by atoms with Gasteiger partial charge in [-0.2, -0.15) is 12.6 Å². The molecule has 0 unspecified atom stereocenters. The van der Waals surface area contributed by atoms with Crippen molar-refractivity contribution in [2.24, 2.45) is 5.92 Å². The van der Waals surface area contributed by atoms with E-state index in [1.165, 1.54) is 25.4 Å². The van der Waals surface area contributed by atoms with Crippen molar-refractivity contribution in [1.29, 1.82) is 0 Å². The largest absolute Gasteiger partial charge is 0.300 e. The maximum Gasteiger partial charge on any atom is 0.139 e. The highest BCUT2D eigenvalue weighted by atomic mass is 32.1. The van der Waals surface area contributed by atoms with Gasteiger partial charge in [0, 0.05) is 5.92 Å². The summed E-state index contributed by atoms with van der Waals surface area (Å²) in [6.45, 7) is 2.61. The fourth-order valence-electron chi connectivity index (χ4n) is 2.24. The average molecular weight is 198 g/mol. The van der Waals surface area contributed by atoms with Crippen LogP contribution in [0.15, 0.2) is 0 Å². The van der Waals surface area contributed by atoms with Crippen molar-refractivity contribution in [2.75, 3.05) is 5.75 Å². The summed E-state index contributed by atoms with van der Waals surface area (Å²) in [4.78, 5) is 11.1. The van der Waals surface area contributed by atoms with E-state index in [1.807, 2.05) is 0 Å². The number of ketones is 1. The first kappa shape index (κ1) is 11.2. The maximum absolute atomic E-state index is 11.1. The molecular weight excluding hydrogens is 179 g/mol. The molecule has 1 saturated heterocycles. The van der Waals surface area contributed by atoms with Gasteiger partial charge in [0.2, 0.25) is 0 Å². The van der Waals surface area contributed by atoms with Crippen LogP contribution in [-0.2, 0) is 4.79 Å². The van der Waals surface area contributed by atoms with Crippen molar-refractivity contribution in [3.63, 3.8) is 0 Å². The molecule has 1 aliphatic heterocycles. The fourth-order valence-corrected chi connectivity index (χ4v) is 2.42. The van der Waals surface area contributed by atoms with Crippen LogP contribution in [-0.4, -0.2) is 18.2 Å². The zero-order valence-corrected chi connectivity index (χ0v) is 9.35. The minimum Gasteiger partial charge on any atom is -0.300 e. The van der Waals surface area contributed by atoms with Gasteiger partial charge in [0.05, 0.1) is 0 Å². The van der Waals surface area contributed by atoms with E-state index in [9.17, 15) is 4.79 Å². The van der Waals surface area contributed by atoms with Gasteiger partial charge in [-0.15, -0.1) is 0 Å². The summed E-state index contributed by atoms with van der Waals surface area (Å²) in [6, 6.07) is 0. The van der Waals surface area contributed by atoms with Crippen molar-refractivity contribution in [3.05, 3.63) is 0 Å². The van der Waals surface area contributed by atoms with E-state index >= 15 is 0 Å². The molecule has 3 heteroatoms. The van der Waals surface area contributed by atoms with E-state index in [4.69, 9.17) is 0 Å². The minimum absolute atomic E-state index is 0.382. The highest BCUT2D eigenvalue weighted by Gasteiger charge is 2.25. The first-order valence-corrected chi connectivity index (χ1v) is 5.98. The normalized spacial score (nSPS) is 19.1. The van der Waals surface area contributed by atoms with Crippen LogP contribution in [0.2, 0.25) is 19.0 Å². The number of Topliss-reactive ketones (excluding diaryl/α,β-unsaturated/α-hetero) is 1. The van der Waals surface area contributed by atoms with Crippen molar-refractivity contribution in [2.45, 2.75) is 45.1 Å². The standard InChI is InChI=1S/C10H19BOS/c1-9(12)10-3-6-11(7-4-10)5-2-8-13/h10,13H,2-8H2,1H3. The number of rotatable bonds is 4. The molecule has 0 aromatic carbocycles. The lowest BCUT2D eigenvalue weighted by Gasteiger charge is -2.24. The van der Waals surface area contributed by atoms with Crippen LogP contribution in [0.5, 0.6) is 0 Å². The zero-order chi connectivity index (χ0) is 9.68. The Morgan fingerprint density at radius 2 is 2.08 bits per heavy atom. The molecule has 13 heavy (non-hydrogen) atoms.